The topological polar surface area (TPSA) is 68.6 Å². The molecule has 1 heterocycles. The van der Waals surface area contributed by atoms with E-state index >= 15 is 0 Å². The van der Waals surface area contributed by atoms with Gasteiger partial charge in [0, 0.05) is 19.2 Å². The third-order valence-electron chi connectivity index (χ3n) is 3.95. The van der Waals surface area contributed by atoms with Crippen LogP contribution in [0.4, 0.5) is 18.9 Å². The average molecular weight is 414 g/mol. The highest BCUT2D eigenvalue weighted by molar-refractivity contribution is 5.90. The van der Waals surface area contributed by atoms with Crippen molar-refractivity contribution >= 4 is 11.6 Å². The van der Waals surface area contributed by atoms with Crippen molar-refractivity contribution in [3.63, 3.8) is 0 Å². The van der Waals surface area contributed by atoms with E-state index in [0.717, 1.165) is 12.1 Å². The van der Waals surface area contributed by atoms with E-state index in [9.17, 15) is 18.0 Å². The first kappa shape index (κ1) is 22.5. The lowest BCUT2D eigenvalue weighted by atomic mass is 10.1. The Labute approximate surface area is 167 Å². The number of aryl methyl sites for hydroxylation is 1. The molecule has 1 aromatic carbocycles. The van der Waals surface area contributed by atoms with Gasteiger partial charge in [-0.3, -0.25) is 9.48 Å². The van der Waals surface area contributed by atoms with Crippen LogP contribution in [0.1, 0.15) is 12.0 Å². The maximum absolute atomic E-state index is 12.3. The molecule has 160 valence electrons. The molecule has 0 unspecified atom stereocenters. The SMILES string of the molecule is COc1cc(CCC(=O)Nc2cnn(CCN(C)C)c2)ccc1OCC(F)(F)F. The Morgan fingerprint density at radius 3 is 2.69 bits per heavy atom. The van der Waals surface area contributed by atoms with Gasteiger partial charge in [0.25, 0.3) is 0 Å². The summed E-state index contributed by atoms with van der Waals surface area (Å²) in [5.41, 5.74) is 1.36. The van der Waals surface area contributed by atoms with Gasteiger partial charge < -0.3 is 19.7 Å². The minimum Gasteiger partial charge on any atom is -0.493 e. The molecule has 0 radical (unpaired) electrons. The van der Waals surface area contributed by atoms with Crippen LogP contribution in [0.15, 0.2) is 30.6 Å². The minimum absolute atomic E-state index is 0.00293. The molecular weight excluding hydrogens is 389 g/mol. The van der Waals surface area contributed by atoms with E-state index in [1.165, 1.54) is 13.2 Å². The second-order valence-corrected chi connectivity index (χ2v) is 6.73. The summed E-state index contributed by atoms with van der Waals surface area (Å²) < 4.78 is 48.5. The number of methoxy groups -OCH3 is 1. The van der Waals surface area contributed by atoms with Gasteiger partial charge in [0.05, 0.1) is 25.5 Å². The van der Waals surface area contributed by atoms with Crippen LogP contribution in [0.5, 0.6) is 11.5 Å². The molecule has 2 aromatic rings. The predicted molar refractivity (Wildman–Crippen MR) is 102 cm³/mol. The quantitative estimate of drug-likeness (QED) is 0.648. The van der Waals surface area contributed by atoms with Crippen LogP contribution in [-0.4, -0.2) is 61.1 Å². The van der Waals surface area contributed by atoms with E-state index in [1.807, 2.05) is 19.0 Å². The Morgan fingerprint density at radius 2 is 2.03 bits per heavy atom. The number of nitrogens with zero attached hydrogens (tertiary/aromatic N) is 3. The number of ether oxygens (including phenoxy) is 2. The molecule has 7 nitrogen and oxygen atoms in total. The zero-order valence-corrected chi connectivity index (χ0v) is 16.6. The number of carbonyl (C=O) groups excluding carboxylic acids is 1. The molecule has 0 spiro atoms. The summed E-state index contributed by atoms with van der Waals surface area (Å²) in [7, 11) is 5.28. The molecule has 0 aliphatic carbocycles. The summed E-state index contributed by atoms with van der Waals surface area (Å²) in [6.07, 6.45) is -0.478. The number of halogens is 3. The summed E-state index contributed by atoms with van der Waals surface area (Å²) in [4.78, 5) is 14.2. The molecule has 0 saturated carbocycles. The first-order valence-corrected chi connectivity index (χ1v) is 9.00. The van der Waals surface area contributed by atoms with E-state index in [4.69, 9.17) is 9.47 Å². The number of alkyl halides is 3. The molecule has 0 saturated heterocycles. The molecule has 10 heteroatoms. The maximum Gasteiger partial charge on any atom is 0.422 e. The van der Waals surface area contributed by atoms with Crippen molar-refractivity contribution in [3.05, 3.63) is 36.2 Å². The van der Waals surface area contributed by atoms with Gasteiger partial charge in [-0.15, -0.1) is 0 Å². The number of hydrogen-bond donors (Lipinski definition) is 1. The van der Waals surface area contributed by atoms with Gasteiger partial charge >= 0.3 is 6.18 Å². The normalized spacial score (nSPS) is 11.6. The molecule has 1 N–H and O–H groups in total. The number of aromatic nitrogens is 2. The van der Waals surface area contributed by atoms with Crippen LogP contribution in [0, 0.1) is 0 Å². The largest absolute Gasteiger partial charge is 0.493 e. The van der Waals surface area contributed by atoms with E-state index in [2.05, 4.69) is 10.4 Å². The smallest absolute Gasteiger partial charge is 0.422 e. The molecule has 1 aromatic heterocycles. The van der Waals surface area contributed by atoms with Gasteiger partial charge in [0.1, 0.15) is 0 Å². The Morgan fingerprint density at radius 1 is 1.28 bits per heavy atom. The van der Waals surface area contributed by atoms with Gasteiger partial charge in [0.2, 0.25) is 5.91 Å². The third kappa shape index (κ3) is 8.02. The number of rotatable bonds is 10. The number of amides is 1. The summed E-state index contributed by atoms with van der Waals surface area (Å²) in [5, 5.41) is 6.97. The molecule has 0 bridgehead atoms. The fraction of sp³-hybridized carbons (Fsp3) is 0.474. The number of hydrogen-bond acceptors (Lipinski definition) is 5. The van der Waals surface area contributed by atoms with Crippen molar-refractivity contribution < 1.29 is 27.4 Å². The van der Waals surface area contributed by atoms with Crippen LogP contribution in [0.25, 0.3) is 0 Å². The van der Waals surface area contributed by atoms with Crippen LogP contribution in [-0.2, 0) is 17.8 Å². The molecule has 0 fully saturated rings. The number of nitrogens with one attached hydrogen (secondary N) is 1. The monoisotopic (exact) mass is 414 g/mol. The van der Waals surface area contributed by atoms with Gasteiger partial charge in [0.15, 0.2) is 18.1 Å². The number of anilines is 1. The van der Waals surface area contributed by atoms with E-state index in [1.54, 1.807) is 29.2 Å². The van der Waals surface area contributed by atoms with Gasteiger partial charge in [-0.2, -0.15) is 18.3 Å². The number of likely N-dealkylation sites (N-methyl/N-ethyl adjacent to an activating group) is 1. The number of carbonyl (C=O) groups is 1. The van der Waals surface area contributed by atoms with Crippen molar-refractivity contribution in [1.29, 1.82) is 0 Å². The van der Waals surface area contributed by atoms with Gasteiger partial charge in [-0.1, -0.05) is 6.07 Å². The fourth-order valence-electron chi connectivity index (χ4n) is 2.48. The van der Waals surface area contributed by atoms with Gasteiger partial charge in [-0.05, 0) is 38.2 Å². The van der Waals surface area contributed by atoms with Crippen molar-refractivity contribution in [2.24, 2.45) is 0 Å². The standard InChI is InChI=1S/C19H25F3N4O3/c1-25(2)8-9-26-12-15(11-23-26)24-18(27)7-5-14-4-6-16(17(10-14)28-3)29-13-19(20,21)22/h4,6,10-12H,5,7-9,13H2,1-3H3,(H,24,27). The Kier molecular flexibility index (Phi) is 7.89. The summed E-state index contributed by atoms with van der Waals surface area (Å²) in [5.74, 6) is 0.00557. The van der Waals surface area contributed by atoms with Crippen LogP contribution < -0.4 is 14.8 Å². The Balaban J connectivity index is 1.86. The second-order valence-electron chi connectivity index (χ2n) is 6.73. The first-order chi connectivity index (χ1) is 13.7. The van der Waals surface area contributed by atoms with Gasteiger partial charge in [-0.25, -0.2) is 0 Å². The molecular formula is C19H25F3N4O3. The van der Waals surface area contributed by atoms with E-state index < -0.39 is 12.8 Å². The van der Waals surface area contributed by atoms with E-state index in [-0.39, 0.29) is 23.8 Å². The molecule has 0 aliphatic heterocycles. The summed E-state index contributed by atoms with van der Waals surface area (Å²) in [6.45, 7) is 0.151. The molecule has 29 heavy (non-hydrogen) atoms. The predicted octanol–water partition coefficient (Wildman–Crippen LogP) is 2.97. The van der Waals surface area contributed by atoms with Crippen molar-refractivity contribution in [2.75, 3.05) is 39.7 Å². The molecule has 0 atom stereocenters. The fourth-order valence-corrected chi connectivity index (χ4v) is 2.48. The van der Waals surface area contributed by atoms with Crippen LogP contribution in [0.3, 0.4) is 0 Å². The first-order valence-electron chi connectivity index (χ1n) is 9.00. The third-order valence-corrected chi connectivity index (χ3v) is 3.95. The second kappa shape index (κ2) is 10.1. The Hall–Kier alpha value is -2.75. The summed E-state index contributed by atoms with van der Waals surface area (Å²) in [6, 6.07) is 4.59. The molecule has 1 amide bonds. The van der Waals surface area contributed by atoms with Crippen molar-refractivity contribution in [1.82, 2.24) is 14.7 Å². The lowest BCUT2D eigenvalue weighted by Gasteiger charge is -2.13. The highest BCUT2D eigenvalue weighted by Gasteiger charge is 2.29. The molecule has 0 aliphatic rings. The average Bonchev–Trinajstić information content (AvgIpc) is 3.10. The Bertz CT molecular complexity index is 806. The highest BCUT2D eigenvalue weighted by atomic mass is 19.4. The lowest BCUT2D eigenvalue weighted by molar-refractivity contribution is -0.153. The zero-order chi connectivity index (χ0) is 21.4. The van der Waals surface area contributed by atoms with Crippen LogP contribution >= 0.6 is 0 Å². The van der Waals surface area contributed by atoms with Crippen molar-refractivity contribution in [3.8, 4) is 11.5 Å². The maximum atomic E-state index is 12.3. The minimum atomic E-state index is -4.43. The molecule has 2 rings (SSSR count). The zero-order valence-electron chi connectivity index (χ0n) is 16.6. The lowest BCUT2D eigenvalue weighted by Crippen LogP contribution is -2.19. The van der Waals surface area contributed by atoms with Crippen molar-refractivity contribution in [2.45, 2.75) is 25.6 Å². The highest BCUT2D eigenvalue weighted by Crippen LogP contribution is 2.30. The van der Waals surface area contributed by atoms with E-state index in [0.29, 0.717) is 18.7 Å². The summed E-state index contributed by atoms with van der Waals surface area (Å²) >= 11 is 0. The number of benzene rings is 1. The van der Waals surface area contributed by atoms with Crippen LogP contribution in [0.2, 0.25) is 0 Å².